The third-order valence-corrected chi connectivity index (χ3v) is 2.77. The molecule has 0 atom stereocenters. The SMILES string of the molecule is N#Cc1ccc(OCc2ccc(C#CCN)cc2F)cc1. The van der Waals surface area contributed by atoms with Gasteiger partial charge in [0.05, 0.1) is 18.2 Å². The summed E-state index contributed by atoms with van der Waals surface area (Å²) in [6, 6.07) is 13.4. The van der Waals surface area contributed by atoms with Crippen LogP contribution >= 0.6 is 0 Å². The van der Waals surface area contributed by atoms with Gasteiger partial charge in [0.15, 0.2) is 0 Å². The summed E-state index contributed by atoms with van der Waals surface area (Å²) in [5.41, 5.74) is 6.85. The Labute approximate surface area is 122 Å². The van der Waals surface area contributed by atoms with Gasteiger partial charge >= 0.3 is 0 Å². The van der Waals surface area contributed by atoms with E-state index in [2.05, 4.69) is 11.8 Å². The van der Waals surface area contributed by atoms with Gasteiger partial charge in [0.1, 0.15) is 18.2 Å². The summed E-state index contributed by atoms with van der Waals surface area (Å²) >= 11 is 0. The molecule has 21 heavy (non-hydrogen) atoms. The van der Waals surface area contributed by atoms with E-state index in [1.807, 2.05) is 6.07 Å². The second kappa shape index (κ2) is 7.09. The molecule has 2 aromatic carbocycles. The van der Waals surface area contributed by atoms with Crippen LogP contribution in [0.1, 0.15) is 16.7 Å². The highest BCUT2D eigenvalue weighted by Crippen LogP contribution is 2.16. The molecule has 0 spiro atoms. The maximum Gasteiger partial charge on any atom is 0.131 e. The summed E-state index contributed by atoms with van der Waals surface area (Å²) in [5.74, 6) is 5.66. The molecule has 2 rings (SSSR count). The highest BCUT2D eigenvalue weighted by molar-refractivity contribution is 5.38. The van der Waals surface area contributed by atoms with Gasteiger partial charge in [-0.25, -0.2) is 4.39 Å². The Morgan fingerprint density at radius 2 is 1.81 bits per heavy atom. The third kappa shape index (κ3) is 4.07. The van der Waals surface area contributed by atoms with E-state index in [-0.39, 0.29) is 19.0 Å². The number of benzene rings is 2. The minimum Gasteiger partial charge on any atom is -0.489 e. The van der Waals surface area contributed by atoms with Crippen LogP contribution in [0.25, 0.3) is 0 Å². The highest BCUT2D eigenvalue weighted by Gasteiger charge is 2.04. The largest absolute Gasteiger partial charge is 0.489 e. The van der Waals surface area contributed by atoms with Crippen LogP contribution in [-0.2, 0) is 6.61 Å². The average Bonchev–Trinajstić information content (AvgIpc) is 2.52. The fourth-order valence-corrected chi connectivity index (χ4v) is 1.68. The Kier molecular flexibility index (Phi) is 4.93. The van der Waals surface area contributed by atoms with Crippen LogP contribution in [0.4, 0.5) is 4.39 Å². The summed E-state index contributed by atoms with van der Waals surface area (Å²) < 4.78 is 19.4. The van der Waals surface area contributed by atoms with Gasteiger partial charge in [-0.3, -0.25) is 0 Å². The maximum atomic E-state index is 13.9. The summed E-state index contributed by atoms with van der Waals surface area (Å²) in [6.45, 7) is 0.355. The molecular formula is C17H13FN2O. The van der Waals surface area contributed by atoms with E-state index in [1.165, 1.54) is 6.07 Å². The van der Waals surface area contributed by atoms with Crippen molar-refractivity contribution in [1.82, 2.24) is 0 Å². The average molecular weight is 280 g/mol. The van der Waals surface area contributed by atoms with Crippen LogP contribution in [0, 0.1) is 29.0 Å². The Morgan fingerprint density at radius 1 is 1.10 bits per heavy atom. The van der Waals surface area contributed by atoms with Gasteiger partial charge in [0.25, 0.3) is 0 Å². The van der Waals surface area contributed by atoms with E-state index in [0.29, 0.717) is 22.4 Å². The van der Waals surface area contributed by atoms with E-state index in [4.69, 9.17) is 15.7 Å². The van der Waals surface area contributed by atoms with Crippen molar-refractivity contribution in [2.24, 2.45) is 5.73 Å². The van der Waals surface area contributed by atoms with Crippen LogP contribution in [0.3, 0.4) is 0 Å². The van der Waals surface area contributed by atoms with Gasteiger partial charge in [-0.1, -0.05) is 17.9 Å². The first-order valence-corrected chi connectivity index (χ1v) is 6.33. The molecule has 0 amide bonds. The van der Waals surface area contributed by atoms with Crippen molar-refractivity contribution in [2.75, 3.05) is 6.54 Å². The Hall–Kier alpha value is -2.82. The molecule has 2 N–H and O–H groups in total. The molecule has 0 bridgehead atoms. The molecule has 0 aromatic heterocycles. The summed E-state index contributed by atoms with van der Waals surface area (Å²) in [6.07, 6.45) is 0. The van der Waals surface area contributed by atoms with Gasteiger partial charge in [0, 0.05) is 11.1 Å². The summed E-state index contributed by atoms with van der Waals surface area (Å²) in [7, 11) is 0. The van der Waals surface area contributed by atoms with Crippen molar-refractivity contribution >= 4 is 0 Å². The molecule has 4 heteroatoms. The zero-order chi connectivity index (χ0) is 15.1. The van der Waals surface area contributed by atoms with Crippen LogP contribution in [0.15, 0.2) is 42.5 Å². The van der Waals surface area contributed by atoms with E-state index in [1.54, 1.807) is 36.4 Å². The van der Waals surface area contributed by atoms with Crippen molar-refractivity contribution in [3.63, 3.8) is 0 Å². The fraction of sp³-hybridized carbons (Fsp3) is 0.118. The number of nitrogens with two attached hydrogens (primary N) is 1. The van der Waals surface area contributed by atoms with Crippen LogP contribution in [0.5, 0.6) is 5.75 Å². The molecule has 0 saturated carbocycles. The quantitative estimate of drug-likeness (QED) is 0.879. The standard InChI is InChI=1S/C17H13FN2O/c18-17-10-13(2-1-9-19)3-6-15(17)12-21-16-7-4-14(11-20)5-8-16/h3-8,10H,9,12,19H2. The van der Waals surface area contributed by atoms with Crippen molar-refractivity contribution in [3.8, 4) is 23.7 Å². The minimum atomic E-state index is -0.368. The fourth-order valence-electron chi connectivity index (χ4n) is 1.68. The monoisotopic (exact) mass is 280 g/mol. The van der Waals surface area contributed by atoms with Gasteiger partial charge in [-0.2, -0.15) is 5.26 Å². The number of hydrogen-bond acceptors (Lipinski definition) is 3. The van der Waals surface area contributed by atoms with E-state index in [9.17, 15) is 4.39 Å². The van der Waals surface area contributed by atoms with Crippen LogP contribution < -0.4 is 10.5 Å². The second-order valence-corrected chi connectivity index (χ2v) is 4.24. The first kappa shape index (κ1) is 14.6. The molecule has 0 heterocycles. The van der Waals surface area contributed by atoms with Crippen molar-refractivity contribution in [2.45, 2.75) is 6.61 Å². The molecule has 104 valence electrons. The number of rotatable bonds is 3. The predicted molar refractivity (Wildman–Crippen MR) is 77.8 cm³/mol. The molecule has 3 nitrogen and oxygen atoms in total. The molecule has 0 aliphatic carbocycles. The van der Waals surface area contributed by atoms with Crippen LogP contribution in [-0.4, -0.2) is 6.54 Å². The molecule has 0 unspecified atom stereocenters. The van der Waals surface area contributed by atoms with E-state index < -0.39 is 0 Å². The van der Waals surface area contributed by atoms with Crippen molar-refractivity contribution in [3.05, 3.63) is 65.0 Å². The Morgan fingerprint density at radius 3 is 2.43 bits per heavy atom. The first-order chi connectivity index (χ1) is 10.2. The molecule has 0 aliphatic rings. The lowest BCUT2D eigenvalue weighted by Gasteiger charge is -2.07. The number of nitriles is 1. The molecule has 0 aliphatic heterocycles. The normalized spacial score (nSPS) is 9.38. The Bertz CT molecular complexity index is 721. The summed E-state index contributed by atoms with van der Waals surface area (Å²) in [5, 5.41) is 8.70. The van der Waals surface area contributed by atoms with Gasteiger partial charge in [-0.05, 0) is 36.4 Å². The zero-order valence-corrected chi connectivity index (χ0v) is 11.3. The van der Waals surface area contributed by atoms with Gasteiger partial charge in [0.2, 0.25) is 0 Å². The zero-order valence-electron chi connectivity index (χ0n) is 11.3. The smallest absolute Gasteiger partial charge is 0.131 e. The predicted octanol–water partition coefficient (Wildman–Crippen LogP) is 2.59. The summed E-state index contributed by atoms with van der Waals surface area (Å²) in [4.78, 5) is 0. The van der Waals surface area contributed by atoms with E-state index in [0.717, 1.165) is 0 Å². The minimum absolute atomic E-state index is 0.113. The second-order valence-electron chi connectivity index (χ2n) is 4.24. The van der Waals surface area contributed by atoms with Gasteiger partial charge in [-0.15, -0.1) is 0 Å². The lowest BCUT2D eigenvalue weighted by molar-refractivity contribution is 0.300. The Balaban J connectivity index is 2.04. The lowest BCUT2D eigenvalue weighted by Crippen LogP contribution is -1.99. The number of halogens is 1. The first-order valence-electron chi connectivity index (χ1n) is 6.33. The molecule has 0 saturated heterocycles. The van der Waals surface area contributed by atoms with Gasteiger partial charge < -0.3 is 10.5 Å². The molecule has 0 radical (unpaired) electrons. The topological polar surface area (TPSA) is 59.0 Å². The lowest BCUT2D eigenvalue weighted by atomic mass is 10.1. The molecular weight excluding hydrogens is 267 g/mol. The van der Waals surface area contributed by atoms with E-state index >= 15 is 0 Å². The number of hydrogen-bond donors (Lipinski definition) is 1. The highest BCUT2D eigenvalue weighted by atomic mass is 19.1. The van der Waals surface area contributed by atoms with Crippen LogP contribution in [0.2, 0.25) is 0 Å². The molecule has 0 fully saturated rings. The van der Waals surface area contributed by atoms with Crippen molar-refractivity contribution in [1.29, 1.82) is 5.26 Å². The van der Waals surface area contributed by atoms with Crippen molar-refractivity contribution < 1.29 is 9.13 Å². The number of ether oxygens (including phenoxy) is 1. The number of nitrogens with zero attached hydrogens (tertiary/aromatic N) is 1. The third-order valence-electron chi connectivity index (χ3n) is 2.77. The molecule has 2 aromatic rings. The maximum absolute atomic E-state index is 13.9.